The van der Waals surface area contributed by atoms with Gasteiger partial charge in [0.05, 0.1) is 23.7 Å². The van der Waals surface area contributed by atoms with Crippen LogP contribution in [-0.4, -0.2) is 33.7 Å². The van der Waals surface area contributed by atoms with Crippen LogP contribution in [0.1, 0.15) is 60.3 Å². The maximum atomic E-state index is 12.3. The van der Waals surface area contributed by atoms with Gasteiger partial charge in [-0.2, -0.15) is 4.40 Å². The van der Waals surface area contributed by atoms with E-state index in [1.165, 1.54) is 0 Å². The zero-order valence-electron chi connectivity index (χ0n) is 13.3. The summed E-state index contributed by atoms with van der Waals surface area (Å²) in [6.45, 7) is 11.4. The average Bonchev–Trinajstić information content (AvgIpc) is 2.35. The SMILES string of the molecule is CC1(C)COC2(CCCC/C2=N\[S@](=O)C(C)(C)C)OC1. The van der Waals surface area contributed by atoms with Crippen LogP contribution < -0.4 is 0 Å². The molecular formula is C15H27NO3S. The first-order valence-corrected chi connectivity index (χ1v) is 8.53. The van der Waals surface area contributed by atoms with E-state index in [9.17, 15) is 4.21 Å². The highest BCUT2D eigenvalue weighted by Crippen LogP contribution is 2.38. The van der Waals surface area contributed by atoms with E-state index in [1.807, 2.05) is 20.8 Å². The number of ether oxygens (including phenoxy) is 2. The van der Waals surface area contributed by atoms with Crippen molar-refractivity contribution in [3.05, 3.63) is 0 Å². The molecule has 2 rings (SSSR count). The van der Waals surface area contributed by atoms with Crippen molar-refractivity contribution in [1.29, 1.82) is 0 Å². The van der Waals surface area contributed by atoms with E-state index >= 15 is 0 Å². The summed E-state index contributed by atoms with van der Waals surface area (Å²) >= 11 is 0. The standard InChI is InChI=1S/C15H27NO3S/c1-13(2,3)20(17)16-12-8-6-7-9-15(12)18-10-14(4,5)11-19-15/h6-11H2,1-5H3/b16-12+/t20-/m1/s1. The Balaban J connectivity index is 2.22. The summed E-state index contributed by atoms with van der Waals surface area (Å²) in [5.74, 6) is -0.714. The maximum Gasteiger partial charge on any atom is 0.209 e. The lowest BCUT2D eigenvalue weighted by molar-refractivity contribution is -0.265. The molecule has 0 aromatic heterocycles. The van der Waals surface area contributed by atoms with Crippen LogP contribution in [0.25, 0.3) is 0 Å². The molecule has 5 heteroatoms. The van der Waals surface area contributed by atoms with E-state index in [-0.39, 0.29) is 10.2 Å². The second-order valence-electron chi connectivity index (χ2n) is 7.60. The summed E-state index contributed by atoms with van der Waals surface area (Å²) in [6, 6.07) is 0. The van der Waals surface area contributed by atoms with Gasteiger partial charge in [-0.05, 0) is 40.0 Å². The van der Waals surface area contributed by atoms with Crippen molar-refractivity contribution in [2.45, 2.75) is 70.8 Å². The Kier molecular flexibility index (Phi) is 4.43. The van der Waals surface area contributed by atoms with Gasteiger partial charge in [-0.1, -0.05) is 13.8 Å². The fraction of sp³-hybridized carbons (Fsp3) is 0.933. The molecule has 0 radical (unpaired) electrons. The molecule has 4 nitrogen and oxygen atoms in total. The number of hydrogen-bond donors (Lipinski definition) is 0. The van der Waals surface area contributed by atoms with E-state index in [2.05, 4.69) is 18.2 Å². The van der Waals surface area contributed by atoms with E-state index in [4.69, 9.17) is 9.47 Å². The predicted molar refractivity (Wildman–Crippen MR) is 82.2 cm³/mol. The molecule has 2 aliphatic rings. The molecule has 1 atom stereocenters. The van der Waals surface area contributed by atoms with Crippen molar-refractivity contribution >= 4 is 16.7 Å². The summed E-state index contributed by atoms with van der Waals surface area (Å²) in [7, 11) is -1.25. The summed E-state index contributed by atoms with van der Waals surface area (Å²) in [5, 5.41) is 0. The van der Waals surface area contributed by atoms with Gasteiger partial charge in [0.25, 0.3) is 0 Å². The van der Waals surface area contributed by atoms with Gasteiger partial charge < -0.3 is 9.47 Å². The summed E-state index contributed by atoms with van der Waals surface area (Å²) in [4.78, 5) is 0. The largest absolute Gasteiger partial charge is 0.344 e. The highest BCUT2D eigenvalue weighted by Gasteiger charge is 2.46. The molecule has 0 aromatic rings. The van der Waals surface area contributed by atoms with Crippen LogP contribution in [0.3, 0.4) is 0 Å². The molecule has 0 N–H and O–H groups in total. The van der Waals surface area contributed by atoms with Gasteiger partial charge in [-0.15, -0.1) is 0 Å². The van der Waals surface area contributed by atoms with Crippen molar-refractivity contribution in [3.63, 3.8) is 0 Å². The normalized spacial score (nSPS) is 29.6. The van der Waals surface area contributed by atoms with Crippen LogP contribution in [0.2, 0.25) is 0 Å². The molecule has 20 heavy (non-hydrogen) atoms. The lowest BCUT2D eigenvalue weighted by Crippen LogP contribution is -2.54. The van der Waals surface area contributed by atoms with Crippen molar-refractivity contribution in [1.82, 2.24) is 0 Å². The lowest BCUT2D eigenvalue weighted by Gasteiger charge is -2.45. The summed E-state index contributed by atoms with van der Waals surface area (Å²) in [5.41, 5.74) is 0.879. The van der Waals surface area contributed by atoms with Gasteiger partial charge in [0.1, 0.15) is 11.0 Å². The van der Waals surface area contributed by atoms with E-state index < -0.39 is 16.8 Å². The first kappa shape index (κ1) is 16.1. The topological polar surface area (TPSA) is 47.9 Å². The maximum absolute atomic E-state index is 12.3. The fourth-order valence-corrected chi connectivity index (χ4v) is 3.06. The van der Waals surface area contributed by atoms with Gasteiger partial charge in [-0.3, -0.25) is 0 Å². The number of rotatable bonds is 1. The molecule has 0 bridgehead atoms. The summed E-state index contributed by atoms with van der Waals surface area (Å²) in [6.07, 6.45) is 3.78. The first-order chi connectivity index (χ1) is 9.15. The van der Waals surface area contributed by atoms with Crippen LogP contribution in [0.4, 0.5) is 0 Å². The van der Waals surface area contributed by atoms with E-state index in [1.54, 1.807) is 0 Å². The average molecular weight is 301 g/mol. The van der Waals surface area contributed by atoms with Crippen molar-refractivity contribution < 1.29 is 13.7 Å². The third-order valence-corrected chi connectivity index (χ3v) is 5.15. The quantitative estimate of drug-likeness (QED) is 0.747. The van der Waals surface area contributed by atoms with Crippen LogP contribution in [-0.2, 0) is 20.5 Å². The van der Waals surface area contributed by atoms with Crippen LogP contribution in [0.15, 0.2) is 4.40 Å². The minimum absolute atomic E-state index is 0.0387. The van der Waals surface area contributed by atoms with Crippen molar-refractivity contribution in [3.8, 4) is 0 Å². The third-order valence-electron chi connectivity index (χ3n) is 3.72. The monoisotopic (exact) mass is 301 g/mol. The zero-order valence-corrected chi connectivity index (χ0v) is 14.1. The first-order valence-electron chi connectivity index (χ1n) is 7.43. The molecule has 1 aliphatic heterocycles. The Hall–Kier alpha value is -0.260. The molecule has 1 heterocycles. The number of hydrogen-bond acceptors (Lipinski definition) is 3. The van der Waals surface area contributed by atoms with Crippen LogP contribution in [0.5, 0.6) is 0 Å². The Labute approximate surface area is 124 Å². The van der Waals surface area contributed by atoms with E-state index in [0.717, 1.165) is 31.4 Å². The van der Waals surface area contributed by atoms with Crippen molar-refractivity contribution in [2.75, 3.05) is 13.2 Å². The molecule has 116 valence electrons. The third kappa shape index (κ3) is 3.49. The second-order valence-corrected chi connectivity index (χ2v) is 9.51. The minimum Gasteiger partial charge on any atom is -0.344 e. The molecule has 0 aromatic carbocycles. The van der Waals surface area contributed by atoms with Crippen LogP contribution in [0, 0.1) is 5.41 Å². The predicted octanol–water partition coefficient (Wildman–Crippen LogP) is 3.23. The molecule has 2 fully saturated rings. The summed E-state index contributed by atoms with van der Waals surface area (Å²) < 4.78 is 28.5. The Morgan fingerprint density at radius 1 is 1.15 bits per heavy atom. The molecule has 1 spiro atoms. The highest BCUT2D eigenvalue weighted by atomic mass is 32.2. The molecule has 1 saturated carbocycles. The second kappa shape index (κ2) is 5.50. The highest BCUT2D eigenvalue weighted by molar-refractivity contribution is 7.85. The Bertz CT molecular complexity index is 413. The molecular weight excluding hydrogens is 274 g/mol. The lowest BCUT2D eigenvalue weighted by atomic mass is 9.88. The van der Waals surface area contributed by atoms with Crippen molar-refractivity contribution in [2.24, 2.45) is 9.81 Å². The molecule has 0 amide bonds. The Morgan fingerprint density at radius 3 is 2.30 bits per heavy atom. The van der Waals surface area contributed by atoms with Gasteiger partial charge in [0.15, 0.2) is 0 Å². The molecule has 1 aliphatic carbocycles. The molecule has 0 unspecified atom stereocenters. The van der Waals surface area contributed by atoms with Gasteiger partial charge >= 0.3 is 0 Å². The minimum atomic E-state index is -1.25. The fourth-order valence-electron chi connectivity index (χ4n) is 2.36. The van der Waals surface area contributed by atoms with Crippen LogP contribution >= 0.6 is 0 Å². The van der Waals surface area contributed by atoms with Gasteiger partial charge in [0, 0.05) is 11.8 Å². The van der Waals surface area contributed by atoms with E-state index in [0.29, 0.717) is 13.2 Å². The Morgan fingerprint density at radius 2 is 1.75 bits per heavy atom. The zero-order chi connectivity index (χ0) is 15.0. The van der Waals surface area contributed by atoms with Gasteiger partial charge in [-0.25, -0.2) is 4.21 Å². The van der Waals surface area contributed by atoms with Gasteiger partial charge in [0.2, 0.25) is 5.79 Å². The smallest absolute Gasteiger partial charge is 0.209 e. The molecule has 1 saturated heterocycles. The number of nitrogens with zero attached hydrogens (tertiary/aromatic N) is 1.